The van der Waals surface area contributed by atoms with E-state index in [0.717, 1.165) is 29.7 Å². The molecule has 0 saturated carbocycles. The molecular weight excluding hydrogens is 418 g/mol. The van der Waals surface area contributed by atoms with Crippen molar-refractivity contribution in [3.8, 4) is 5.75 Å². The zero-order valence-electron chi connectivity index (χ0n) is 19.4. The van der Waals surface area contributed by atoms with Crippen molar-refractivity contribution in [2.75, 3.05) is 7.11 Å². The molecule has 1 N–H and O–H groups in total. The highest BCUT2D eigenvalue weighted by Gasteiger charge is 2.34. The van der Waals surface area contributed by atoms with Crippen molar-refractivity contribution in [2.45, 2.75) is 30.7 Å². The average Bonchev–Trinajstić information content (AvgIpc) is 2.90. The number of carbonyl (C=O) groups is 1. The molecule has 3 heteroatoms. The normalized spacial score (nSPS) is 17.1. The van der Waals surface area contributed by atoms with Gasteiger partial charge in [-0.3, -0.25) is 4.79 Å². The van der Waals surface area contributed by atoms with Crippen molar-refractivity contribution in [1.29, 1.82) is 0 Å². The number of amides is 1. The van der Waals surface area contributed by atoms with E-state index >= 15 is 0 Å². The smallest absolute Gasteiger partial charge is 0.232 e. The molecule has 34 heavy (non-hydrogen) atoms. The van der Waals surface area contributed by atoms with Crippen molar-refractivity contribution in [3.63, 3.8) is 0 Å². The molecule has 1 amide bonds. The van der Waals surface area contributed by atoms with E-state index in [1.165, 1.54) is 16.7 Å². The number of hydrogen-bond acceptors (Lipinski definition) is 2. The van der Waals surface area contributed by atoms with E-state index in [4.69, 9.17) is 4.74 Å². The SMILES string of the molecule is COc1ccc([C@H]2CCc3ccccc3[C@@H]2NC(=O)C(c2ccccc2)c2ccccc2)cc1. The Morgan fingerprint density at radius 3 is 2.00 bits per heavy atom. The van der Waals surface area contributed by atoms with Gasteiger partial charge in [-0.25, -0.2) is 0 Å². The maximum Gasteiger partial charge on any atom is 0.232 e. The molecule has 0 heterocycles. The van der Waals surface area contributed by atoms with Gasteiger partial charge in [-0.1, -0.05) is 97.1 Å². The minimum absolute atomic E-state index is 0.0256. The summed E-state index contributed by atoms with van der Waals surface area (Å²) < 4.78 is 5.36. The molecule has 4 aromatic carbocycles. The average molecular weight is 448 g/mol. The molecule has 1 aliphatic rings. The molecule has 0 fully saturated rings. The Balaban J connectivity index is 1.52. The molecule has 0 saturated heterocycles. The van der Waals surface area contributed by atoms with Crippen LogP contribution in [0.4, 0.5) is 0 Å². The van der Waals surface area contributed by atoms with Gasteiger partial charge in [-0.05, 0) is 52.8 Å². The molecule has 2 atom stereocenters. The number of benzene rings is 4. The number of ether oxygens (including phenoxy) is 1. The lowest BCUT2D eigenvalue weighted by atomic mass is 9.76. The highest BCUT2D eigenvalue weighted by molar-refractivity contribution is 5.87. The summed E-state index contributed by atoms with van der Waals surface area (Å²) in [5.41, 5.74) is 5.74. The van der Waals surface area contributed by atoms with Gasteiger partial charge >= 0.3 is 0 Å². The molecule has 0 aliphatic heterocycles. The molecule has 0 radical (unpaired) electrons. The van der Waals surface area contributed by atoms with E-state index in [2.05, 4.69) is 41.7 Å². The molecule has 0 bridgehead atoms. The summed E-state index contributed by atoms with van der Waals surface area (Å²) >= 11 is 0. The fourth-order valence-electron chi connectivity index (χ4n) is 5.17. The van der Waals surface area contributed by atoms with E-state index in [-0.39, 0.29) is 23.8 Å². The minimum Gasteiger partial charge on any atom is -0.497 e. The second kappa shape index (κ2) is 9.96. The zero-order valence-corrected chi connectivity index (χ0v) is 19.4. The van der Waals surface area contributed by atoms with Crippen LogP contribution in [0.5, 0.6) is 5.75 Å². The van der Waals surface area contributed by atoms with E-state index in [1.54, 1.807) is 7.11 Å². The van der Waals surface area contributed by atoms with Gasteiger partial charge in [-0.2, -0.15) is 0 Å². The van der Waals surface area contributed by atoms with Crippen LogP contribution in [-0.2, 0) is 11.2 Å². The Morgan fingerprint density at radius 2 is 1.38 bits per heavy atom. The Hall–Kier alpha value is -3.85. The lowest BCUT2D eigenvalue weighted by Gasteiger charge is -2.35. The highest BCUT2D eigenvalue weighted by atomic mass is 16.5. The van der Waals surface area contributed by atoms with Crippen LogP contribution >= 0.6 is 0 Å². The third-order valence-corrected chi connectivity index (χ3v) is 6.89. The molecular formula is C31H29NO2. The maximum atomic E-state index is 14.0. The van der Waals surface area contributed by atoms with Crippen molar-refractivity contribution >= 4 is 5.91 Å². The summed E-state index contributed by atoms with van der Waals surface area (Å²) in [7, 11) is 1.68. The Kier molecular flexibility index (Phi) is 6.44. The third-order valence-electron chi connectivity index (χ3n) is 6.89. The van der Waals surface area contributed by atoms with E-state index in [0.29, 0.717) is 0 Å². The van der Waals surface area contributed by atoms with Crippen molar-refractivity contribution in [1.82, 2.24) is 5.32 Å². The number of methoxy groups -OCH3 is 1. The van der Waals surface area contributed by atoms with Crippen LogP contribution in [0.3, 0.4) is 0 Å². The van der Waals surface area contributed by atoms with Gasteiger partial charge in [-0.15, -0.1) is 0 Å². The van der Waals surface area contributed by atoms with Crippen LogP contribution in [0.2, 0.25) is 0 Å². The van der Waals surface area contributed by atoms with Crippen LogP contribution < -0.4 is 10.1 Å². The first-order chi connectivity index (χ1) is 16.7. The highest BCUT2D eigenvalue weighted by Crippen LogP contribution is 2.42. The number of fused-ring (bicyclic) bond motifs is 1. The van der Waals surface area contributed by atoms with Crippen LogP contribution in [-0.4, -0.2) is 13.0 Å². The number of rotatable bonds is 6. The first-order valence-electron chi connectivity index (χ1n) is 11.9. The number of hydrogen-bond donors (Lipinski definition) is 1. The lowest BCUT2D eigenvalue weighted by Crippen LogP contribution is -2.38. The zero-order chi connectivity index (χ0) is 23.3. The molecule has 4 aromatic rings. The van der Waals surface area contributed by atoms with E-state index < -0.39 is 0 Å². The predicted octanol–water partition coefficient (Wildman–Crippen LogP) is 6.41. The number of aryl methyl sites for hydroxylation is 1. The van der Waals surface area contributed by atoms with Crippen LogP contribution in [0.15, 0.2) is 109 Å². The van der Waals surface area contributed by atoms with E-state index in [9.17, 15) is 4.79 Å². The quantitative estimate of drug-likeness (QED) is 0.371. The van der Waals surface area contributed by atoms with Gasteiger partial charge < -0.3 is 10.1 Å². The second-order valence-electron chi connectivity index (χ2n) is 8.86. The van der Waals surface area contributed by atoms with Gasteiger partial charge in [0.05, 0.1) is 19.1 Å². The fraction of sp³-hybridized carbons (Fsp3) is 0.194. The van der Waals surface area contributed by atoms with Gasteiger partial charge in [0.15, 0.2) is 0 Å². The summed E-state index contributed by atoms with van der Waals surface area (Å²) in [6.07, 6.45) is 1.98. The summed E-state index contributed by atoms with van der Waals surface area (Å²) in [5, 5.41) is 3.48. The molecule has 5 rings (SSSR count). The first-order valence-corrected chi connectivity index (χ1v) is 11.9. The Labute approximate surface area is 201 Å². The molecule has 0 unspecified atom stereocenters. The number of nitrogens with one attached hydrogen (secondary N) is 1. The Bertz CT molecular complexity index is 1200. The maximum absolute atomic E-state index is 14.0. The largest absolute Gasteiger partial charge is 0.497 e. The third kappa shape index (κ3) is 4.47. The molecule has 170 valence electrons. The first kappa shape index (κ1) is 22.0. The molecule has 3 nitrogen and oxygen atoms in total. The van der Waals surface area contributed by atoms with Crippen molar-refractivity contribution < 1.29 is 9.53 Å². The standard InChI is InChI=1S/C31H29NO2/c1-34-26-19-16-23(17-20-26)28-21-18-22-10-8-9-15-27(22)30(28)32-31(33)29(24-11-4-2-5-12-24)25-13-6-3-7-14-25/h2-17,19-20,28-30H,18,21H2,1H3,(H,32,33)/t28-,30+/m1/s1. The fourth-order valence-corrected chi connectivity index (χ4v) is 5.17. The van der Waals surface area contributed by atoms with Gasteiger partial charge in [0.2, 0.25) is 5.91 Å². The summed E-state index contributed by atoms with van der Waals surface area (Å²) in [4.78, 5) is 14.0. The van der Waals surface area contributed by atoms with Crippen LogP contribution in [0.25, 0.3) is 0 Å². The second-order valence-corrected chi connectivity index (χ2v) is 8.86. The topological polar surface area (TPSA) is 38.3 Å². The van der Waals surface area contributed by atoms with Gasteiger partial charge in [0.1, 0.15) is 5.75 Å². The Morgan fingerprint density at radius 1 is 0.794 bits per heavy atom. The monoisotopic (exact) mass is 447 g/mol. The molecule has 1 aliphatic carbocycles. The summed E-state index contributed by atoms with van der Waals surface area (Å²) in [5.74, 6) is 0.691. The van der Waals surface area contributed by atoms with Crippen LogP contribution in [0.1, 0.15) is 52.1 Å². The summed E-state index contributed by atoms with van der Waals surface area (Å²) in [6.45, 7) is 0. The van der Waals surface area contributed by atoms with E-state index in [1.807, 2.05) is 72.8 Å². The lowest BCUT2D eigenvalue weighted by molar-refractivity contribution is -0.122. The number of carbonyl (C=O) groups excluding carboxylic acids is 1. The molecule has 0 aromatic heterocycles. The minimum atomic E-state index is -0.368. The van der Waals surface area contributed by atoms with Gasteiger partial charge in [0.25, 0.3) is 0 Å². The van der Waals surface area contributed by atoms with Gasteiger partial charge in [0, 0.05) is 5.92 Å². The van der Waals surface area contributed by atoms with Crippen LogP contribution in [0, 0.1) is 0 Å². The predicted molar refractivity (Wildman–Crippen MR) is 136 cm³/mol. The summed E-state index contributed by atoms with van der Waals surface area (Å²) in [6, 6.07) is 36.8. The van der Waals surface area contributed by atoms with Crippen molar-refractivity contribution in [3.05, 3.63) is 137 Å². The molecule has 0 spiro atoms. The van der Waals surface area contributed by atoms with Crippen molar-refractivity contribution in [2.24, 2.45) is 0 Å².